The van der Waals surface area contributed by atoms with Gasteiger partial charge in [0, 0.05) is 24.0 Å². The molecule has 1 heterocycles. The zero-order chi connectivity index (χ0) is 19.0. The van der Waals surface area contributed by atoms with Gasteiger partial charge in [0.15, 0.2) is 0 Å². The Labute approximate surface area is 163 Å². The Hall–Kier alpha value is -2.33. The molecule has 1 N–H and O–H groups in total. The number of carboxylic acids is 1. The number of carbonyl (C=O) groups is 2. The molecular weight excluding hydrogens is 362 g/mol. The number of hydrogen-bond acceptors (Lipinski definition) is 2. The number of benzene rings is 2. The van der Waals surface area contributed by atoms with Gasteiger partial charge in [0.25, 0.3) is 0 Å². The van der Waals surface area contributed by atoms with Crippen molar-refractivity contribution in [3.63, 3.8) is 0 Å². The van der Waals surface area contributed by atoms with Crippen molar-refractivity contribution in [3.8, 4) is 0 Å². The summed E-state index contributed by atoms with van der Waals surface area (Å²) < 4.78 is 0. The first kappa shape index (κ1) is 18.1. The number of halogens is 1. The molecule has 1 saturated heterocycles. The lowest BCUT2D eigenvalue weighted by atomic mass is 9.73. The third kappa shape index (κ3) is 3.23. The molecular formula is C22H22ClNO3. The number of hydrogen-bond donors (Lipinski definition) is 1. The standard InChI is InChI=1S/C22H22ClNO3/c23-19-9-5-4-8-16(19)17-14-18(17)20(25)24-12-10-22(11-13-24,21(26)27)15-6-2-1-3-7-15/h1-9,17-18H,10-14H2,(H,26,27). The quantitative estimate of drug-likeness (QED) is 0.865. The largest absolute Gasteiger partial charge is 0.481 e. The van der Waals surface area contributed by atoms with Crippen LogP contribution in [0.1, 0.15) is 36.3 Å². The van der Waals surface area contributed by atoms with Crippen molar-refractivity contribution in [3.05, 3.63) is 70.7 Å². The zero-order valence-corrected chi connectivity index (χ0v) is 15.7. The van der Waals surface area contributed by atoms with Crippen molar-refractivity contribution in [2.75, 3.05) is 13.1 Å². The summed E-state index contributed by atoms with van der Waals surface area (Å²) in [5, 5.41) is 10.6. The normalized spacial score (nSPS) is 23.7. The summed E-state index contributed by atoms with van der Waals surface area (Å²) in [5.41, 5.74) is 0.965. The van der Waals surface area contributed by atoms with Crippen LogP contribution in [0.15, 0.2) is 54.6 Å². The highest BCUT2D eigenvalue weighted by Crippen LogP contribution is 2.51. The average Bonchev–Trinajstić information content (AvgIpc) is 3.49. The lowest BCUT2D eigenvalue weighted by Crippen LogP contribution is -2.49. The molecule has 2 atom stereocenters. The van der Waals surface area contributed by atoms with Crippen molar-refractivity contribution < 1.29 is 14.7 Å². The summed E-state index contributed by atoms with van der Waals surface area (Å²) in [6.07, 6.45) is 1.71. The van der Waals surface area contributed by atoms with Crippen LogP contribution in [0.3, 0.4) is 0 Å². The molecule has 1 saturated carbocycles. The molecule has 2 aromatic carbocycles. The third-order valence-corrected chi connectivity index (χ3v) is 6.42. The minimum absolute atomic E-state index is 0.0287. The van der Waals surface area contributed by atoms with E-state index in [9.17, 15) is 14.7 Å². The Morgan fingerprint density at radius 1 is 1.00 bits per heavy atom. The van der Waals surface area contributed by atoms with Crippen LogP contribution in [0.4, 0.5) is 0 Å². The molecule has 0 spiro atoms. The second-order valence-corrected chi connectivity index (χ2v) is 7.96. The molecule has 140 valence electrons. The maximum atomic E-state index is 12.9. The molecule has 1 aliphatic carbocycles. The summed E-state index contributed by atoms with van der Waals surface area (Å²) in [7, 11) is 0. The number of nitrogens with zero attached hydrogens (tertiary/aromatic N) is 1. The highest BCUT2D eigenvalue weighted by atomic mass is 35.5. The van der Waals surface area contributed by atoms with E-state index < -0.39 is 11.4 Å². The second kappa shape index (κ2) is 7.01. The van der Waals surface area contributed by atoms with Gasteiger partial charge in [0.05, 0.1) is 5.41 Å². The first-order valence-corrected chi connectivity index (χ1v) is 9.73. The van der Waals surface area contributed by atoms with Crippen LogP contribution in [0.5, 0.6) is 0 Å². The maximum Gasteiger partial charge on any atom is 0.314 e. The Morgan fingerprint density at radius 3 is 2.26 bits per heavy atom. The van der Waals surface area contributed by atoms with Gasteiger partial charge in [0.1, 0.15) is 0 Å². The average molecular weight is 384 g/mol. The molecule has 2 aliphatic rings. The van der Waals surface area contributed by atoms with E-state index in [1.54, 1.807) is 0 Å². The second-order valence-electron chi connectivity index (χ2n) is 7.55. The fourth-order valence-electron chi connectivity index (χ4n) is 4.31. The molecule has 4 rings (SSSR count). The predicted octanol–water partition coefficient (Wildman–Crippen LogP) is 4.09. The summed E-state index contributed by atoms with van der Waals surface area (Å²) in [6, 6.07) is 17.1. The summed E-state index contributed by atoms with van der Waals surface area (Å²) in [4.78, 5) is 26.8. The molecule has 2 aromatic rings. The maximum absolute atomic E-state index is 12.9. The smallest absolute Gasteiger partial charge is 0.314 e. The Balaban J connectivity index is 1.44. The van der Waals surface area contributed by atoms with Crippen molar-refractivity contribution in [2.45, 2.75) is 30.6 Å². The van der Waals surface area contributed by atoms with E-state index in [1.807, 2.05) is 59.5 Å². The molecule has 2 unspecified atom stereocenters. The Bertz CT molecular complexity index is 859. The number of aliphatic carboxylic acids is 1. The lowest BCUT2D eigenvalue weighted by molar-refractivity contribution is -0.148. The van der Waals surface area contributed by atoms with E-state index in [0.717, 1.165) is 17.5 Å². The lowest BCUT2D eigenvalue weighted by Gasteiger charge is -2.39. The van der Waals surface area contributed by atoms with Crippen LogP contribution in [-0.2, 0) is 15.0 Å². The van der Waals surface area contributed by atoms with E-state index in [-0.39, 0.29) is 17.7 Å². The predicted molar refractivity (Wildman–Crippen MR) is 104 cm³/mol. The monoisotopic (exact) mass is 383 g/mol. The van der Waals surface area contributed by atoms with Gasteiger partial charge in [-0.05, 0) is 42.4 Å². The van der Waals surface area contributed by atoms with E-state index >= 15 is 0 Å². The number of carbonyl (C=O) groups excluding carboxylic acids is 1. The number of carboxylic acid groups (broad SMARTS) is 1. The molecule has 1 aliphatic heterocycles. The van der Waals surface area contributed by atoms with Gasteiger partial charge in [0.2, 0.25) is 5.91 Å². The Kier molecular flexibility index (Phi) is 4.68. The van der Waals surface area contributed by atoms with Gasteiger partial charge < -0.3 is 10.0 Å². The summed E-state index contributed by atoms with van der Waals surface area (Å²) >= 11 is 6.26. The molecule has 2 fully saturated rings. The van der Waals surface area contributed by atoms with Crippen molar-refractivity contribution in [1.29, 1.82) is 0 Å². The van der Waals surface area contributed by atoms with Crippen LogP contribution in [0.25, 0.3) is 0 Å². The van der Waals surface area contributed by atoms with Crippen LogP contribution in [-0.4, -0.2) is 35.0 Å². The van der Waals surface area contributed by atoms with Gasteiger partial charge >= 0.3 is 5.97 Å². The fourth-order valence-corrected chi connectivity index (χ4v) is 4.59. The van der Waals surface area contributed by atoms with Crippen molar-refractivity contribution in [2.24, 2.45) is 5.92 Å². The fraction of sp³-hybridized carbons (Fsp3) is 0.364. The van der Waals surface area contributed by atoms with Gasteiger partial charge in [-0.3, -0.25) is 9.59 Å². The number of amides is 1. The SMILES string of the molecule is O=C(C1CC1c1ccccc1Cl)N1CCC(C(=O)O)(c2ccccc2)CC1. The number of rotatable bonds is 4. The van der Waals surface area contributed by atoms with E-state index in [0.29, 0.717) is 31.0 Å². The number of piperidine rings is 1. The Morgan fingerprint density at radius 2 is 1.63 bits per heavy atom. The molecule has 5 heteroatoms. The molecule has 4 nitrogen and oxygen atoms in total. The molecule has 0 radical (unpaired) electrons. The minimum Gasteiger partial charge on any atom is -0.481 e. The van der Waals surface area contributed by atoms with E-state index in [2.05, 4.69) is 0 Å². The summed E-state index contributed by atoms with van der Waals surface area (Å²) in [5.74, 6) is -0.515. The van der Waals surface area contributed by atoms with E-state index in [4.69, 9.17) is 11.6 Å². The van der Waals surface area contributed by atoms with Crippen LogP contribution in [0.2, 0.25) is 5.02 Å². The molecule has 1 amide bonds. The third-order valence-electron chi connectivity index (χ3n) is 6.08. The first-order valence-electron chi connectivity index (χ1n) is 9.35. The van der Waals surface area contributed by atoms with Crippen LogP contribution < -0.4 is 0 Å². The topological polar surface area (TPSA) is 57.6 Å². The molecule has 0 aromatic heterocycles. The summed E-state index contributed by atoms with van der Waals surface area (Å²) in [6.45, 7) is 0.956. The zero-order valence-electron chi connectivity index (χ0n) is 15.0. The van der Waals surface area contributed by atoms with Crippen LogP contribution >= 0.6 is 11.6 Å². The van der Waals surface area contributed by atoms with Gasteiger partial charge in [-0.15, -0.1) is 0 Å². The molecule has 0 bridgehead atoms. The number of likely N-dealkylation sites (tertiary alicyclic amines) is 1. The molecule has 27 heavy (non-hydrogen) atoms. The van der Waals surface area contributed by atoms with E-state index in [1.165, 1.54) is 0 Å². The van der Waals surface area contributed by atoms with Crippen LogP contribution in [0, 0.1) is 5.92 Å². The van der Waals surface area contributed by atoms with Gasteiger partial charge in [-0.2, -0.15) is 0 Å². The highest BCUT2D eigenvalue weighted by molar-refractivity contribution is 6.31. The van der Waals surface area contributed by atoms with Gasteiger partial charge in [-0.1, -0.05) is 60.1 Å². The van der Waals surface area contributed by atoms with Crippen molar-refractivity contribution >= 4 is 23.5 Å². The highest BCUT2D eigenvalue weighted by Gasteiger charge is 2.49. The van der Waals surface area contributed by atoms with Crippen molar-refractivity contribution in [1.82, 2.24) is 4.90 Å². The minimum atomic E-state index is -0.899. The van der Waals surface area contributed by atoms with Gasteiger partial charge in [-0.25, -0.2) is 0 Å². The first-order chi connectivity index (χ1) is 13.0.